The van der Waals surface area contributed by atoms with Crippen molar-refractivity contribution in [2.24, 2.45) is 0 Å². The van der Waals surface area contributed by atoms with Gasteiger partial charge in [-0.05, 0) is 13.8 Å². The van der Waals surface area contributed by atoms with Crippen molar-refractivity contribution in [3.63, 3.8) is 0 Å². The highest BCUT2D eigenvalue weighted by Crippen LogP contribution is 2.34. The van der Waals surface area contributed by atoms with Gasteiger partial charge in [0.2, 0.25) is 0 Å². The van der Waals surface area contributed by atoms with E-state index < -0.39 is 0 Å². The molecule has 0 aromatic carbocycles. The molecule has 0 N–H and O–H groups in total. The average molecular weight is 175 g/mol. The van der Waals surface area contributed by atoms with Crippen LogP contribution in [0.1, 0.15) is 13.8 Å². The first kappa shape index (κ1) is 8.71. The van der Waals surface area contributed by atoms with E-state index in [1.165, 1.54) is 7.11 Å². The average Bonchev–Trinajstić information content (AvgIpc) is 2.28. The van der Waals surface area contributed by atoms with E-state index in [1.54, 1.807) is 16.7 Å². The Morgan fingerprint density at radius 2 is 2.27 bits per heavy atom. The predicted octanol–water partition coefficient (Wildman–Crippen LogP) is 1.54. The lowest BCUT2D eigenvalue weighted by atomic mass is 10.3. The Balaban J connectivity index is 2.64. The first-order valence-corrected chi connectivity index (χ1v) is 4.56. The zero-order valence-electron chi connectivity index (χ0n) is 7.09. The van der Waals surface area contributed by atoms with Gasteiger partial charge in [-0.1, -0.05) is 0 Å². The largest absolute Gasteiger partial charge is 0.453 e. The Kier molecular flexibility index (Phi) is 2.32. The van der Waals surface area contributed by atoms with Crippen molar-refractivity contribution in [2.75, 3.05) is 19.4 Å². The number of carbonyl (C=O) groups is 1. The third-order valence-corrected chi connectivity index (χ3v) is 3.13. The molecular weight excluding hydrogens is 162 g/mol. The first-order chi connectivity index (χ1) is 5.08. The van der Waals surface area contributed by atoms with Crippen LogP contribution in [0.2, 0.25) is 0 Å². The molecule has 0 saturated carbocycles. The topological polar surface area (TPSA) is 29.5 Å². The minimum atomic E-state index is -0.222. The van der Waals surface area contributed by atoms with Crippen LogP contribution in [0.15, 0.2) is 0 Å². The van der Waals surface area contributed by atoms with Gasteiger partial charge in [-0.3, -0.25) is 4.90 Å². The molecule has 1 amide bonds. The van der Waals surface area contributed by atoms with E-state index in [9.17, 15) is 4.79 Å². The quantitative estimate of drug-likeness (QED) is 0.559. The summed E-state index contributed by atoms with van der Waals surface area (Å²) in [5.41, 5.74) is 0. The van der Waals surface area contributed by atoms with Crippen molar-refractivity contribution in [2.45, 2.75) is 18.7 Å². The maximum absolute atomic E-state index is 11.1. The van der Waals surface area contributed by atoms with Crippen molar-refractivity contribution in [3.05, 3.63) is 0 Å². The Morgan fingerprint density at radius 1 is 1.64 bits per heavy atom. The lowest BCUT2D eigenvalue weighted by Gasteiger charge is -2.28. The van der Waals surface area contributed by atoms with Gasteiger partial charge in [-0.25, -0.2) is 4.79 Å². The van der Waals surface area contributed by atoms with Crippen molar-refractivity contribution >= 4 is 17.9 Å². The molecule has 0 radical (unpaired) electrons. The van der Waals surface area contributed by atoms with Gasteiger partial charge in [0.15, 0.2) is 0 Å². The molecule has 4 heteroatoms. The van der Waals surface area contributed by atoms with E-state index in [0.29, 0.717) is 0 Å². The summed E-state index contributed by atoms with van der Waals surface area (Å²) in [5, 5.41) is 0. The van der Waals surface area contributed by atoms with Gasteiger partial charge in [-0.2, -0.15) is 0 Å². The van der Waals surface area contributed by atoms with Crippen molar-refractivity contribution in [1.29, 1.82) is 0 Å². The zero-order chi connectivity index (χ0) is 8.48. The number of thioether (sulfide) groups is 1. The second-order valence-corrected chi connectivity index (χ2v) is 4.61. The third kappa shape index (κ3) is 1.61. The van der Waals surface area contributed by atoms with E-state index in [2.05, 4.69) is 4.74 Å². The van der Waals surface area contributed by atoms with Gasteiger partial charge < -0.3 is 4.74 Å². The number of hydrogen-bond acceptors (Lipinski definition) is 3. The zero-order valence-corrected chi connectivity index (χ0v) is 7.90. The Bertz CT molecular complexity index is 170. The van der Waals surface area contributed by atoms with Crippen LogP contribution in [0.5, 0.6) is 0 Å². The molecule has 1 heterocycles. The molecule has 0 aliphatic carbocycles. The monoisotopic (exact) mass is 175 g/mol. The molecule has 0 unspecified atom stereocenters. The number of nitrogens with zero attached hydrogens (tertiary/aromatic N) is 1. The van der Waals surface area contributed by atoms with E-state index in [-0.39, 0.29) is 11.0 Å². The SMILES string of the molecule is COC(=O)N1CCSC1(C)C. The van der Waals surface area contributed by atoms with Crippen LogP contribution in [0.4, 0.5) is 4.79 Å². The summed E-state index contributed by atoms with van der Waals surface area (Å²) in [6, 6.07) is 0. The summed E-state index contributed by atoms with van der Waals surface area (Å²) < 4.78 is 4.64. The molecule has 0 aromatic heterocycles. The standard InChI is InChI=1S/C7H13NO2S/c1-7(2)8(4-5-11-7)6(9)10-3/h4-5H2,1-3H3. The van der Waals surface area contributed by atoms with Gasteiger partial charge in [0, 0.05) is 12.3 Å². The molecular formula is C7H13NO2S. The number of carbonyl (C=O) groups excluding carboxylic acids is 1. The van der Waals surface area contributed by atoms with Gasteiger partial charge >= 0.3 is 6.09 Å². The summed E-state index contributed by atoms with van der Waals surface area (Å²) in [6.07, 6.45) is -0.222. The highest BCUT2D eigenvalue weighted by Gasteiger charge is 2.36. The molecule has 0 atom stereocenters. The summed E-state index contributed by atoms with van der Waals surface area (Å²) in [6.45, 7) is 4.85. The summed E-state index contributed by atoms with van der Waals surface area (Å²) in [4.78, 5) is 12.8. The van der Waals surface area contributed by atoms with Crippen LogP contribution >= 0.6 is 11.8 Å². The normalized spacial score (nSPS) is 21.9. The summed E-state index contributed by atoms with van der Waals surface area (Å²) >= 11 is 1.78. The molecule has 1 fully saturated rings. The van der Waals surface area contributed by atoms with Gasteiger partial charge in [0.1, 0.15) is 0 Å². The fraction of sp³-hybridized carbons (Fsp3) is 0.857. The van der Waals surface area contributed by atoms with Crippen molar-refractivity contribution in [1.82, 2.24) is 4.90 Å². The van der Waals surface area contributed by atoms with Crippen LogP contribution in [0.25, 0.3) is 0 Å². The second-order valence-electron chi connectivity index (χ2n) is 2.92. The molecule has 3 nitrogen and oxygen atoms in total. The lowest BCUT2D eigenvalue weighted by Crippen LogP contribution is -2.41. The van der Waals surface area contributed by atoms with E-state index in [1.807, 2.05) is 13.8 Å². The summed E-state index contributed by atoms with van der Waals surface area (Å²) in [5.74, 6) is 1.00. The fourth-order valence-corrected chi connectivity index (χ4v) is 2.25. The van der Waals surface area contributed by atoms with Crippen molar-refractivity contribution in [3.8, 4) is 0 Å². The number of ether oxygens (including phenoxy) is 1. The van der Waals surface area contributed by atoms with Gasteiger partial charge in [0.25, 0.3) is 0 Å². The minimum Gasteiger partial charge on any atom is -0.453 e. The van der Waals surface area contributed by atoms with Crippen LogP contribution in [-0.2, 0) is 4.74 Å². The Morgan fingerprint density at radius 3 is 2.64 bits per heavy atom. The Hall–Kier alpha value is -0.380. The molecule has 64 valence electrons. The van der Waals surface area contributed by atoms with Crippen LogP contribution in [0, 0.1) is 0 Å². The van der Waals surface area contributed by atoms with Crippen LogP contribution < -0.4 is 0 Å². The highest BCUT2D eigenvalue weighted by atomic mass is 32.2. The molecule has 1 aliphatic rings. The molecule has 1 aliphatic heterocycles. The molecule has 0 spiro atoms. The van der Waals surface area contributed by atoms with Crippen molar-refractivity contribution < 1.29 is 9.53 Å². The van der Waals surface area contributed by atoms with Crippen LogP contribution in [0.3, 0.4) is 0 Å². The number of amides is 1. The lowest BCUT2D eigenvalue weighted by molar-refractivity contribution is 0.112. The number of methoxy groups -OCH3 is 1. The molecule has 0 aromatic rings. The number of rotatable bonds is 0. The fourth-order valence-electron chi connectivity index (χ4n) is 1.16. The predicted molar refractivity (Wildman–Crippen MR) is 45.6 cm³/mol. The number of hydrogen-bond donors (Lipinski definition) is 0. The minimum absolute atomic E-state index is 0.0902. The smallest absolute Gasteiger partial charge is 0.410 e. The van der Waals surface area contributed by atoms with E-state index >= 15 is 0 Å². The maximum Gasteiger partial charge on any atom is 0.410 e. The van der Waals surface area contributed by atoms with Gasteiger partial charge in [0.05, 0.1) is 12.0 Å². The second kappa shape index (κ2) is 2.93. The van der Waals surface area contributed by atoms with Crippen LogP contribution in [-0.4, -0.2) is 35.3 Å². The van der Waals surface area contributed by atoms with E-state index in [4.69, 9.17) is 0 Å². The molecule has 1 rings (SSSR count). The van der Waals surface area contributed by atoms with Gasteiger partial charge in [-0.15, -0.1) is 11.8 Å². The molecule has 1 saturated heterocycles. The first-order valence-electron chi connectivity index (χ1n) is 3.57. The van der Waals surface area contributed by atoms with E-state index in [0.717, 1.165) is 12.3 Å². The summed E-state index contributed by atoms with van der Waals surface area (Å²) in [7, 11) is 1.42. The third-order valence-electron chi connectivity index (χ3n) is 1.82. The highest BCUT2D eigenvalue weighted by molar-refractivity contribution is 8.00. The Labute approximate surface area is 71.1 Å². The molecule has 11 heavy (non-hydrogen) atoms. The maximum atomic E-state index is 11.1. The molecule has 0 bridgehead atoms.